The number of amides is 1. The summed E-state index contributed by atoms with van der Waals surface area (Å²) in [5.74, 6) is -1.03. The van der Waals surface area contributed by atoms with Crippen molar-refractivity contribution in [3.63, 3.8) is 0 Å². The lowest BCUT2D eigenvalue weighted by Gasteiger charge is -2.15. The molecule has 0 aliphatic heterocycles. The summed E-state index contributed by atoms with van der Waals surface area (Å²) in [5.41, 5.74) is 1.33. The predicted octanol–water partition coefficient (Wildman–Crippen LogP) is 1.86. The molecule has 2 aromatic rings. The Labute approximate surface area is 127 Å². The van der Waals surface area contributed by atoms with Crippen LogP contribution in [0.15, 0.2) is 42.9 Å². The van der Waals surface area contributed by atoms with E-state index >= 15 is 0 Å². The van der Waals surface area contributed by atoms with Gasteiger partial charge in [-0.2, -0.15) is 0 Å². The summed E-state index contributed by atoms with van der Waals surface area (Å²) in [6.07, 6.45) is 2.25. The number of aryl methyl sites for hydroxylation is 1. The van der Waals surface area contributed by atoms with Crippen LogP contribution in [0, 0.1) is 0 Å². The number of alkyl carbamates (subject to hydrolysis) is 1. The molecule has 1 aromatic heterocycles. The molecule has 22 heavy (non-hydrogen) atoms. The van der Waals surface area contributed by atoms with Crippen LogP contribution in [0.5, 0.6) is 0 Å². The second kappa shape index (κ2) is 7.26. The van der Waals surface area contributed by atoms with Gasteiger partial charge in [0.2, 0.25) is 0 Å². The first-order valence-corrected chi connectivity index (χ1v) is 6.71. The summed E-state index contributed by atoms with van der Waals surface area (Å²) in [6, 6.07) is 8.49. The topological polar surface area (TPSA) is 93.5 Å². The molecule has 7 heteroatoms. The van der Waals surface area contributed by atoms with E-state index in [0.717, 1.165) is 5.56 Å². The van der Waals surface area contributed by atoms with Crippen molar-refractivity contribution in [2.45, 2.75) is 19.1 Å². The maximum absolute atomic E-state index is 11.8. The highest BCUT2D eigenvalue weighted by atomic mass is 16.5. The molecule has 0 spiro atoms. The molecule has 0 aliphatic carbocycles. The third kappa shape index (κ3) is 4.62. The Morgan fingerprint density at radius 1 is 1.36 bits per heavy atom. The molecule has 0 unspecified atom stereocenters. The molecule has 0 aliphatic rings. The standard InChI is InChI=1S/C15H17N3O4/c1-18-8-13(16-10-18)12(7-14(19)20)17-15(21)22-9-11-5-3-2-4-6-11/h2-6,8,10,12H,7,9H2,1H3,(H,17,21)(H,19,20)/t12-/m0/s1. The first-order valence-electron chi connectivity index (χ1n) is 6.71. The molecule has 1 heterocycles. The van der Waals surface area contributed by atoms with Crippen LogP contribution in [0.25, 0.3) is 0 Å². The van der Waals surface area contributed by atoms with Gasteiger partial charge in [-0.15, -0.1) is 0 Å². The summed E-state index contributed by atoms with van der Waals surface area (Å²) < 4.78 is 6.77. The number of nitrogens with one attached hydrogen (secondary N) is 1. The lowest BCUT2D eigenvalue weighted by Crippen LogP contribution is -2.31. The molecule has 1 aromatic carbocycles. The van der Waals surface area contributed by atoms with Crippen LogP contribution in [0.1, 0.15) is 23.7 Å². The van der Waals surface area contributed by atoms with Gasteiger partial charge in [-0.3, -0.25) is 4.79 Å². The molecule has 0 saturated carbocycles. The fourth-order valence-electron chi connectivity index (χ4n) is 1.92. The first-order chi connectivity index (χ1) is 10.5. The molecule has 7 nitrogen and oxygen atoms in total. The number of nitrogens with zero attached hydrogens (tertiary/aromatic N) is 2. The van der Waals surface area contributed by atoms with E-state index in [0.29, 0.717) is 5.69 Å². The van der Waals surface area contributed by atoms with Crippen molar-refractivity contribution in [1.29, 1.82) is 0 Å². The van der Waals surface area contributed by atoms with Gasteiger partial charge in [-0.25, -0.2) is 9.78 Å². The number of carboxylic acids is 1. The van der Waals surface area contributed by atoms with Gasteiger partial charge < -0.3 is 19.7 Å². The molecule has 116 valence electrons. The maximum atomic E-state index is 11.8. The average molecular weight is 303 g/mol. The normalized spacial score (nSPS) is 11.7. The summed E-state index contributed by atoms with van der Waals surface area (Å²) in [7, 11) is 1.77. The monoisotopic (exact) mass is 303 g/mol. The average Bonchev–Trinajstić information content (AvgIpc) is 2.92. The molecule has 0 bridgehead atoms. The second-order valence-corrected chi connectivity index (χ2v) is 4.82. The Morgan fingerprint density at radius 2 is 2.09 bits per heavy atom. The zero-order valence-corrected chi connectivity index (χ0v) is 12.1. The number of carbonyl (C=O) groups is 2. The number of aromatic nitrogens is 2. The Kier molecular flexibility index (Phi) is 5.13. The number of rotatable bonds is 6. The van der Waals surface area contributed by atoms with Gasteiger partial charge in [-0.05, 0) is 5.56 Å². The van der Waals surface area contributed by atoms with Crippen molar-refractivity contribution in [1.82, 2.24) is 14.9 Å². The number of hydrogen-bond acceptors (Lipinski definition) is 4. The quantitative estimate of drug-likeness (QED) is 0.849. The van der Waals surface area contributed by atoms with Gasteiger partial charge in [0.1, 0.15) is 6.61 Å². The van der Waals surface area contributed by atoms with Crippen LogP contribution in [0.2, 0.25) is 0 Å². The molecule has 2 N–H and O–H groups in total. The molecule has 2 rings (SSSR count). The van der Waals surface area contributed by atoms with Crippen molar-refractivity contribution in [3.05, 3.63) is 54.1 Å². The number of carbonyl (C=O) groups excluding carboxylic acids is 1. The molecular formula is C15H17N3O4. The van der Waals surface area contributed by atoms with Crippen LogP contribution < -0.4 is 5.32 Å². The van der Waals surface area contributed by atoms with E-state index < -0.39 is 18.1 Å². The maximum Gasteiger partial charge on any atom is 0.408 e. The number of carboxylic acid groups (broad SMARTS) is 1. The van der Waals surface area contributed by atoms with E-state index in [-0.39, 0.29) is 13.0 Å². The zero-order valence-electron chi connectivity index (χ0n) is 12.1. The summed E-state index contributed by atoms with van der Waals surface area (Å²) in [4.78, 5) is 26.8. The van der Waals surface area contributed by atoms with Crippen molar-refractivity contribution < 1.29 is 19.4 Å². The largest absolute Gasteiger partial charge is 0.481 e. The fourth-order valence-corrected chi connectivity index (χ4v) is 1.92. The van der Waals surface area contributed by atoms with E-state index in [9.17, 15) is 9.59 Å². The van der Waals surface area contributed by atoms with E-state index in [2.05, 4.69) is 10.3 Å². The van der Waals surface area contributed by atoms with Crippen LogP contribution in [0.4, 0.5) is 4.79 Å². The summed E-state index contributed by atoms with van der Waals surface area (Å²) in [5, 5.41) is 11.5. The van der Waals surface area contributed by atoms with Crippen molar-refractivity contribution in [2.75, 3.05) is 0 Å². The minimum Gasteiger partial charge on any atom is -0.481 e. The predicted molar refractivity (Wildman–Crippen MR) is 78.0 cm³/mol. The minimum absolute atomic E-state index is 0.120. The lowest BCUT2D eigenvalue weighted by atomic mass is 10.1. The number of imidazole rings is 1. The molecule has 1 atom stereocenters. The van der Waals surface area contributed by atoms with Gasteiger partial charge in [0.25, 0.3) is 0 Å². The summed E-state index contributed by atoms with van der Waals surface area (Å²) in [6.45, 7) is 0.120. The van der Waals surface area contributed by atoms with Crippen LogP contribution >= 0.6 is 0 Å². The Morgan fingerprint density at radius 3 is 2.68 bits per heavy atom. The van der Waals surface area contributed by atoms with Gasteiger partial charge in [0.05, 0.1) is 24.5 Å². The van der Waals surface area contributed by atoms with E-state index in [1.807, 2.05) is 30.3 Å². The first kappa shape index (κ1) is 15.6. The smallest absolute Gasteiger partial charge is 0.408 e. The third-order valence-corrected chi connectivity index (χ3v) is 2.97. The highest BCUT2D eigenvalue weighted by molar-refractivity contribution is 5.71. The SMILES string of the molecule is Cn1cnc([C@H](CC(=O)O)NC(=O)OCc2ccccc2)c1. The van der Waals surface area contributed by atoms with Gasteiger partial charge in [0, 0.05) is 13.2 Å². The second-order valence-electron chi connectivity index (χ2n) is 4.82. The van der Waals surface area contributed by atoms with Gasteiger partial charge in [0.15, 0.2) is 0 Å². The van der Waals surface area contributed by atoms with Gasteiger partial charge in [-0.1, -0.05) is 30.3 Å². The van der Waals surface area contributed by atoms with Crippen LogP contribution in [0.3, 0.4) is 0 Å². The van der Waals surface area contributed by atoms with Crippen LogP contribution in [-0.2, 0) is 23.2 Å². The summed E-state index contributed by atoms with van der Waals surface area (Å²) >= 11 is 0. The van der Waals surface area contributed by atoms with Crippen LogP contribution in [-0.4, -0.2) is 26.7 Å². The van der Waals surface area contributed by atoms with Crippen molar-refractivity contribution in [3.8, 4) is 0 Å². The fraction of sp³-hybridized carbons (Fsp3) is 0.267. The Hall–Kier alpha value is -2.83. The Bertz CT molecular complexity index is 639. The minimum atomic E-state index is -1.03. The van der Waals surface area contributed by atoms with E-state index in [1.165, 1.54) is 0 Å². The molecule has 0 radical (unpaired) electrons. The zero-order chi connectivity index (χ0) is 15.9. The molecule has 1 amide bonds. The highest BCUT2D eigenvalue weighted by Crippen LogP contribution is 2.15. The third-order valence-electron chi connectivity index (χ3n) is 2.97. The van der Waals surface area contributed by atoms with E-state index in [1.54, 1.807) is 24.1 Å². The van der Waals surface area contributed by atoms with E-state index in [4.69, 9.17) is 9.84 Å². The Balaban J connectivity index is 1.94. The highest BCUT2D eigenvalue weighted by Gasteiger charge is 2.20. The lowest BCUT2D eigenvalue weighted by molar-refractivity contribution is -0.137. The number of benzene rings is 1. The number of hydrogen-bond donors (Lipinski definition) is 2. The molecular weight excluding hydrogens is 286 g/mol. The number of aliphatic carboxylic acids is 1. The molecule has 0 saturated heterocycles. The van der Waals surface area contributed by atoms with Crippen molar-refractivity contribution in [2.24, 2.45) is 7.05 Å². The number of ether oxygens (including phenoxy) is 1. The van der Waals surface area contributed by atoms with Crippen molar-refractivity contribution >= 4 is 12.1 Å². The molecule has 0 fully saturated rings. The van der Waals surface area contributed by atoms with Gasteiger partial charge >= 0.3 is 12.1 Å².